The largest absolute Gasteiger partial charge is 0.351 e. The van der Waals surface area contributed by atoms with E-state index < -0.39 is 23.6 Å². The Hall–Kier alpha value is -3.22. The van der Waals surface area contributed by atoms with Gasteiger partial charge in [-0.3, -0.25) is 4.79 Å². The Morgan fingerprint density at radius 1 is 1.08 bits per heavy atom. The van der Waals surface area contributed by atoms with Gasteiger partial charge in [-0.1, -0.05) is 18.2 Å². The van der Waals surface area contributed by atoms with Crippen molar-refractivity contribution in [3.63, 3.8) is 0 Å². The Bertz CT molecular complexity index is 771. The SMILES string of the molecule is NC(=O)Nc1cccc(CNC(=O)/C=C\c2c(F)cccc2F)c1. The maximum atomic E-state index is 13.4. The fraction of sp³-hybridized carbons (Fsp3) is 0.0588. The van der Waals surface area contributed by atoms with E-state index in [1.807, 2.05) is 0 Å². The van der Waals surface area contributed by atoms with Crippen molar-refractivity contribution in [1.82, 2.24) is 5.32 Å². The van der Waals surface area contributed by atoms with Gasteiger partial charge in [-0.15, -0.1) is 0 Å². The topological polar surface area (TPSA) is 84.2 Å². The third kappa shape index (κ3) is 4.91. The van der Waals surface area contributed by atoms with Gasteiger partial charge in [0.05, 0.1) is 0 Å². The predicted octanol–water partition coefficient (Wildman–Crippen LogP) is 2.79. The Kier molecular flexibility index (Phi) is 5.62. The van der Waals surface area contributed by atoms with Gasteiger partial charge in [0.2, 0.25) is 5.91 Å². The van der Waals surface area contributed by atoms with Crippen LogP contribution >= 0.6 is 0 Å². The van der Waals surface area contributed by atoms with Gasteiger partial charge < -0.3 is 16.4 Å². The predicted molar refractivity (Wildman–Crippen MR) is 86.9 cm³/mol. The smallest absolute Gasteiger partial charge is 0.316 e. The molecule has 0 aromatic heterocycles. The van der Waals surface area contributed by atoms with Crippen molar-refractivity contribution >= 4 is 23.7 Å². The van der Waals surface area contributed by atoms with Gasteiger partial charge in [0.25, 0.3) is 0 Å². The van der Waals surface area contributed by atoms with Crippen molar-refractivity contribution in [1.29, 1.82) is 0 Å². The number of amides is 3. The van der Waals surface area contributed by atoms with Crippen molar-refractivity contribution in [2.24, 2.45) is 5.73 Å². The lowest BCUT2D eigenvalue weighted by Gasteiger charge is -2.06. The number of hydrogen-bond donors (Lipinski definition) is 3. The van der Waals surface area contributed by atoms with E-state index in [-0.39, 0.29) is 12.1 Å². The van der Waals surface area contributed by atoms with Crippen molar-refractivity contribution in [2.75, 3.05) is 5.32 Å². The summed E-state index contributed by atoms with van der Waals surface area (Å²) in [6.07, 6.45) is 2.12. The molecule has 5 nitrogen and oxygen atoms in total. The first kappa shape index (κ1) is 17.1. The molecule has 0 aliphatic carbocycles. The summed E-state index contributed by atoms with van der Waals surface area (Å²) in [5.74, 6) is -2.00. The van der Waals surface area contributed by atoms with Gasteiger partial charge in [-0.25, -0.2) is 13.6 Å². The first-order chi connectivity index (χ1) is 11.5. The van der Waals surface area contributed by atoms with Crippen LogP contribution in [-0.4, -0.2) is 11.9 Å². The van der Waals surface area contributed by atoms with E-state index in [1.54, 1.807) is 24.3 Å². The Balaban J connectivity index is 1.96. The number of anilines is 1. The van der Waals surface area contributed by atoms with E-state index in [0.29, 0.717) is 5.69 Å². The number of carbonyl (C=O) groups excluding carboxylic acids is 2. The third-order valence-electron chi connectivity index (χ3n) is 3.06. The Morgan fingerprint density at radius 3 is 2.42 bits per heavy atom. The van der Waals surface area contributed by atoms with Crippen molar-refractivity contribution in [3.8, 4) is 0 Å². The Morgan fingerprint density at radius 2 is 1.75 bits per heavy atom. The summed E-state index contributed by atoms with van der Waals surface area (Å²) in [5, 5.41) is 4.99. The average Bonchev–Trinajstić information content (AvgIpc) is 2.52. The van der Waals surface area contributed by atoms with Crippen LogP contribution in [0.15, 0.2) is 48.5 Å². The standard InChI is InChI=1S/C17H15F2N3O2/c18-14-5-2-6-15(19)13(14)7-8-16(23)21-10-11-3-1-4-12(9-11)22-17(20)24/h1-9H,10H2,(H,21,23)(H3,20,22,24)/b8-7-. The fourth-order valence-electron chi connectivity index (χ4n) is 1.98. The number of nitrogens with two attached hydrogens (primary N) is 1. The second-order valence-corrected chi connectivity index (χ2v) is 4.88. The molecule has 0 aliphatic rings. The van der Waals surface area contributed by atoms with Gasteiger partial charge in [0.1, 0.15) is 11.6 Å². The minimum Gasteiger partial charge on any atom is -0.351 e. The molecule has 7 heteroatoms. The quantitative estimate of drug-likeness (QED) is 0.736. The number of rotatable bonds is 5. The normalized spacial score (nSPS) is 10.6. The molecule has 3 amide bonds. The highest BCUT2D eigenvalue weighted by molar-refractivity contribution is 5.91. The molecule has 0 saturated heterocycles. The van der Waals surface area contributed by atoms with E-state index in [1.165, 1.54) is 6.07 Å². The van der Waals surface area contributed by atoms with Crippen LogP contribution in [-0.2, 0) is 11.3 Å². The molecule has 2 aromatic rings. The van der Waals surface area contributed by atoms with Gasteiger partial charge in [-0.05, 0) is 35.9 Å². The van der Waals surface area contributed by atoms with Crippen LogP contribution in [0.25, 0.3) is 6.08 Å². The van der Waals surface area contributed by atoms with Crippen LogP contribution in [0.1, 0.15) is 11.1 Å². The highest BCUT2D eigenvalue weighted by atomic mass is 19.1. The van der Waals surface area contributed by atoms with Gasteiger partial charge in [0, 0.05) is 23.9 Å². The molecule has 0 radical (unpaired) electrons. The molecule has 0 heterocycles. The van der Waals surface area contributed by atoms with E-state index >= 15 is 0 Å². The fourth-order valence-corrected chi connectivity index (χ4v) is 1.98. The van der Waals surface area contributed by atoms with Crippen molar-refractivity contribution in [2.45, 2.75) is 6.54 Å². The molecule has 0 aliphatic heterocycles. The molecule has 4 N–H and O–H groups in total. The summed E-state index contributed by atoms with van der Waals surface area (Å²) < 4.78 is 26.9. The lowest BCUT2D eigenvalue weighted by molar-refractivity contribution is -0.116. The molecular weight excluding hydrogens is 316 g/mol. The van der Waals surface area contributed by atoms with Crippen LogP contribution in [0.2, 0.25) is 0 Å². The van der Waals surface area contributed by atoms with Crippen LogP contribution < -0.4 is 16.4 Å². The molecule has 0 unspecified atom stereocenters. The maximum Gasteiger partial charge on any atom is 0.316 e. The highest BCUT2D eigenvalue weighted by Gasteiger charge is 2.05. The van der Waals surface area contributed by atoms with E-state index in [0.717, 1.165) is 29.8 Å². The summed E-state index contributed by atoms with van der Waals surface area (Å²) in [6.45, 7) is 0.178. The first-order valence-electron chi connectivity index (χ1n) is 7.01. The number of urea groups is 1. The maximum absolute atomic E-state index is 13.4. The Labute approximate surface area is 137 Å². The molecule has 0 spiro atoms. The highest BCUT2D eigenvalue weighted by Crippen LogP contribution is 2.13. The summed E-state index contributed by atoms with van der Waals surface area (Å²) in [6, 6.07) is 9.50. The van der Waals surface area contributed by atoms with Gasteiger partial charge in [0.15, 0.2) is 0 Å². The molecule has 0 bridgehead atoms. The summed E-state index contributed by atoms with van der Waals surface area (Å²) in [4.78, 5) is 22.5. The zero-order chi connectivity index (χ0) is 17.5. The van der Waals surface area contributed by atoms with Gasteiger partial charge >= 0.3 is 6.03 Å². The lowest BCUT2D eigenvalue weighted by Crippen LogP contribution is -2.21. The van der Waals surface area contributed by atoms with Crippen LogP contribution in [0.3, 0.4) is 0 Å². The monoisotopic (exact) mass is 331 g/mol. The molecule has 124 valence electrons. The number of carbonyl (C=O) groups is 2. The lowest BCUT2D eigenvalue weighted by atomic mass is 10.1. The zero-order valence-electron chi connectivity index (χ0n) is 12.6. The number of nitrogens with one attached hydrogen (secondary N) is 2. The molecule has 24 heavy (non-hydrogen) atoms. The third-order valence-corrected chi connectivity index (χ3v) is 3.06. The zero-order valence-corrected chi connectivity index (χ0v) is 12.6. The molecule has 0 atom stereocenters. The van der Waals surface area contributed by atoms with Crippen molar-refractivity contribution < 1.29 is 18.4 Å². The van der Waals surface area contributed by atoms with Crippen LogP contribution in [0.5, 0.6) is 0 Å². The number of hydrogen-bond acceptors (Lipinski definition) is 2. The van der Waals surface area contributed by atoms with Crippen LogP contribution in [0.4, 0.5) is 19.3 Å². The molecule has 0 saturated carbocycles. The van der Waals surface area contributed by atoms with E-state index in [4.69, 9.17) is 5.73 Å². The molecule has 0 fully saturated rings. The molecule has 2 rings (SSSR count). The number of benzene rings is 2. The summed E-state index contributed by atoms with van der Waals surface area (Å²) in [7, 11) is 0. The average molecular weight is 331 g/mol. The van der Waals surface area contributed by atoms with E-state index in [2.05, 4.69) is 10.6 Å². The van der Waals surface area contributed by atoms with Crippen LogP contribution in [0, 0.1) is 11.6 Å². The minimum atomic E-state index is -0.746. The second kappa shape index (κ2) is 7.87. The number of halogens is 2. The summed E-state index contributed by atoms with van der Waals surface area (Å²) in [5.41, 5.74) is 5.97. The summed E-state index contributed by atoms with van der Waals surface area (Å²) >= 11 is 0. The van der Waals surface area contributed by atoms with Gasteiger partial charge in [-0.2, -0.15) is 0 Å². The minimum absolute atomic E-state index is 0.178. The molecule has 2 aromatic carbocycles. The first-order valence-corrected chi connectivity index (χ1v) is 7.01. The van der Waals surface area contributed by atoms with E-state index in [9.17, 15) is 18.4 Å². The van der Waals surface area contributed by atoms with Crippen molar-refractivity contribution in [3.05, 3.63) is 71.3 Å². The number of primary amides is 1. The second-order valence-electron chi connectivity index (χ2n) is 4.88. The molecular formula is C17H15F2N3O2.